The lowest BCUT2D eigenvalue weighted by Crippen LogP contribution is -2.41. The maximum Gasteiger partial charge on any atom is 0.0613 e. The van der Waals surface area contributed by atoms with Crippen molar-refractivity contribution in [3.63, 3.8) is 0 Å². The van der Waals surface area contributed by atoms with Gasteiger partial charge in [0, 0.05) is 19.2 Å². The fraction of sp³-hybridized carbons (Fsp3) is 1.00. The Hall–Kier alpha value is -0.120. The molecule has 0 spiro atoms. The van der Waals surface area contributed by atoms with Crippen LogP contribution in [0.3, 0.4) is 0 Å². The Labute approximate surface area is 114 Å². The second-order valence-electron chi connectivity index (χ2n) is 7.61. The standard InChI is InChI=1S/C15H34N2O/c1-11(14(2,3)4)13(17)9-15(5,6)8-12(16)10-18-7/h11-13H,8-10,16-17H2,1-7H3/t11?,12-,13?/m1/s1. The van der Waals surface area contributed by atoms with Gasteiger partial charge in [-0.15, -0.1) is 0 Å². The van der Waals surface area contributed by atoms with E-state index in [1.165, 1.54) is 0 Å². The van der Waals surface area contributed by atoms with Crippen molar-refractivity contribution in [1.82, 2.24) is 0 Å². The first kappa shape index (κ1) is 17.9. The first-order chi connectivity index (χ1) is 7.99. The zero-order valence-corrected chi connectivity index (χ0v) is 13.4. The van der Waals surface area contributed by atoms with E-state index >= 15 is 0 Å². The topological polar surface area (TPSA) is 61.3 Å². The van der Waals surface area contributed by atoms with Crippen LogP contribution < -0.4 is 11.5 Å². The summed E-state index contributed by atoms with van der Waals surface area (Å²) >= 11 is 0. The molecule has 3 atom stereocenters. The van der Waals surface area contributed by atoms with Crippen LogP contribution >= 0.6 is 0 Å². The second kappa shape index (κ2) is 6.88. The molecule has 0 radical (unpaired) electrons. The van der Waals surface area contributed by atoms with Crippen molar-refractivity contribution in [3.05, 3.63) is 0 Å². The number of rotatable bonds is 7. The molecule has 3 nitrogen and oxygen atoms in total. The Morgan fingerprint density at radius 2 is 1.50 bits per heavy atom. The van der Waals surface area contributed by atoms with Crippen molar-refractivity contribution in [2.45, 2.75) is 66.5 Å². The molecule has 0 saturated carbocycles. The molecule has 0 aliphatic rings. The van der Waals surface area contributed by atoms with Crippen molar-refractivity contribution >= 4 is 0 Å². The van der Waals surface area contributed by atoms with E-state index in [4.69, 9.17) is 16.2 Å². The van der Waals surface area contributed by atoms with E-state index < -0.39 is 0 Å². The third kappa shape index (κ3) is 6.72. The minimum Gasteiger partial charge on any atom is -0.383 e. The second-order valence-corrected chi connectivity index (χ2v) is 7.61. The molecular weight excluding hydrogens is 224 g/mol. The molecule has 3 heteroatoms. The van der Waals surface area contributed by atoms with Crippen LogP contribution in [0.25, 0.3) is 0 Å². The van der Waals surface area contributed by atoms with E-state index in [-0.39, 0.29) is 22.9 Å². The van der Waals surface area contributed by atoms with Crippen molar-refractivity contribution in [2.24, 2.45) is 28.2 Å². The molecule has 0 aliphatic heterocycles. The van der Waals surface area contributed by atoms with Gasteiger partial charge in [-0.3, -0.25) is 0 Å². The minimum atomic E-state index is 0.0992. The zero-order chi connectivity index (χ0) is 14.6. The van der Waals surface area contributed by atoms with Gasteiger partial charge in [0.05, 0.1) is 6.61 Å². The summed E-state index contributed by atoms with van der Waals surface area (Å²) in [5.41, 5.74) is 12.8. The molecule has 0 aliphatic carbocycles. The number of methoxy groups -OCH3 is 1. The molecule has 4 N–H and O–H groups in total. The van der Waals surface area contributed by atoms with Crippen LogP contribution in [-0.4, -0.2) is 25.8 Å². The number of nitrogens with two attached hydrogens (primary N) is 2. The molecule has 0 saturated heterocycles. The average Bonchev–Trinajstić information content (AvgIpc) is 2.13. The van der Waals surface area contributed by atoms with Gasteiger partial charge in [-0.05, 0) is 29.6 Å². The molecule has 0 heterocycles. The van der Waals surface area contributed by atoms with Crippen LogP contribution in [0.5, 0.6) is 0 Å². The summed E-state index contributed by atoms with van der Waals surface area (Å²) in [7, 11) is 1.69. The van der Waals surface area contributed by atoms with Crippen LogP contribution in [0.1, 0.15) is 54.4 Å². The summed E-state index contributed by atoms with van der Waals surface area (Å²) in [6.45, 7) is 14.1. The highest BCUT2D eigenvalue weighted by molar-refractivity contribution is 4.86. The maximum absolute atomic E-state index is 6.37. The van der Waals surface area contributed by atoms with Gasteiger partial charge < -0.3 is 16.2 Å². The summed E-state index contributed by atoms with van der Waals surface area (Å²) in [5, 5.41) is 0. The summed E-state index contributed by atoms with van der Waals surface area (Å²) < 4.78 is 5.10. The van der Waals surface area contributed by atoms with Crippen LogP contribution in [-0.2, 0) is 4.74 Å². The maximum atomic E-state index is 6.37. The highest BCUT2D eigenvalue weighted by Crippen LogP contribution is 2.34. The Morgan fingerprint density at radius 1 is 1.00 bits per heavy atom. The van der Waals surface area contributed by atoms with Gasteiger partial charge in [0.1, 0.15) is 0 Å². The third-order valence-corrected chi connectivity index (χ3v) is 3.99. The van der Waals surface area contributed by atoms with Crippen LogP contribution in [0.4, 0.5) is 0 Å². The first-order valence-electron chi connectivity index (χ1n) is 6.99. The van der Waals surface area contributed by atoms with Crippen LogP contribution in [0.15, 0.2) is 0 Å². The highest BCUT2D eigenvalue weighted by Gasteiger charge is 2.31. The van der Waals surface area contributed by atoms with Gasteiger partial charge in [-0.2, -0.15) is 0 Å². The Morgan fingerprint density at radius 3 is 1.89 bits per heavy atom. The Kier molecular flexibility index (Phi) is 6.83. The quantitative estimate of drug-likeness (QED) is 0.738. The van der Waals surface area contributed by atoms with E-state index in [1.54, 1.807) is 7.11 Å². The summed E-state index contributed by atoms with van der Waals surface area (Å²) in [6.07, 6.45) is 1.95. The lowest BCUT2D eigenvalue weighted by atomic mass is 9.71. The van der Waals surface area contributed by atoms with Gasteiger partial charge in [0.15, 0.2) is 0 Å². The van der Waals surface area contributed by atoms with E-state index in [0.717, 1.165) is 12.8 Å². The van der Waals surface area contributed by atoms with Crippen LogP contribution in [0.2, 0.25) is 0 Å². The predicted octanol–water partition coefficient (Wildman–Crippen LogP) is 2.78. The van der Waals surface area contributed by atoms with Gasteiger partial charge in [0.2, 0.25) is 0 Å². The van der Waals surface area contributed by atoms with Gasteiger partial charge in [-0.25, -0.2) is 0 Å². The van der Waals surface area contributed by atoms with Crippen molar-refractivity contribution in [1.29, 1.82) is 0 Å². The fourth-order valence-electron chi connectivity index (χ4n) is 2.52. The van der Waals surface area contributed by atoms with Crippen molar-refractivity contribution in [3.8, 4) is 0 Å². The van der Waals surface area contributed by atoms with E-state index in [0.29, 0.717) is 12.5 Å². The SMILES string of the molecule is COC[C@H](N)CC(C)(C)CC(N)C(C)C(C)(C)C. The molecule has 2 unspecified atom stereocenters. The smallest absolute Gasteiger partial charge is 0.0613 e. The summed E-state index contributed by atoms with van der Waals surface area (Å²) in [6, 6.07) is 0.317. The molecule has 0 aromatic rings. The monoisotopic (exact) mass is 258 g/mol. The summed E-state index contributed by atoms with van der Waals surface area (Å²) in [4.78, 5) is 0. The van der Waals surface area contributed by atoms with Gasteiger partial charge >= 0.3 is 0 Å². The third-order valence-electron chi connectivity index (χ3n) is 3.99. The number of hydrogen-bond donors (Lipinski definition) is 2. The van der Waals surface area contributed by atoms with Crippen molar-refractivity contribution < 1.29 is 4.74 Å². The Bertz CT molecular complexity index is 233. The minimum absolute atomic E-state index is 0.0992. The van der Waals surface area contributed by atoms with E-state index in [2.05, 4.69) is 41.5 Å². The van der Waals surface area contributed by atoms with Crippen molar-refractivity contribution in [2.75, 3.05) is 13.7 Å². The fourth-order valence-corrected chi connectivity index (χ4v) is 2.52. The lowest BCUT2D eigenvalue weighted by molar-refractivity contribution is 0.134. The molecule has 0 fully saturated rings. The largest absolute Gasteiger partial charge is 0.383 e. The molecule has 0 aromatic heterocycles. The first-order valence-corrected chi connectivity index (χ1v) is 6.99. The number of hydrogen-bond acceptors (Lipinski definition) is 3. The highest BCUT2D eigenvalue weighted by atomic mass is 16.5. The zero-order valence-electron chi connectivity index (χ0n) is 13.4. The van der Waals surface area contributed by atoms with E-state index in [9.17, 15) is 0 Å². The molecule has 0 amide bonds. The summed E-state index contributed by atoms with van der Waals surface area (Å²) in [5.74, 6) is 0.496. The molecule has 18 heavy (non-hydrogen) atoms. The van der Waals surface area contributed by atoms with Gasteiger partial charge in [0.25, 0.3) is 0 Å². The predicted molar refractivity (Wildman–Crippen MR) is 79.5 cm³/mol. The van der Waals surface area contributed by atoms with Gasteiger partial charge in [-0.1, -0.05) is 41.5 Å². The molecule has 0 rings (SSSR count). The molecular formula is C15H34N2O. The normalized spacial score (nSPS) is 18.5. The average molecular weight is 258 g/mol. The molecule has 0 aromatic carbocycles. The lowest BCUT2D eigenvalue weighted by Gasteiger charge is -2.37. The molecule has 110 valence electrons. The molecule has 0 bridgehead atoms. The Balaban J connectivity index is 4.39. The number of ether oxygens (including phenoxy) is 1. The van der Waals surface area contributed by atoms with E-state index in [1.807, 2.05) is 0 Å². The van der Waals surface area contributed by atoms with Crippen LogP contribution in [0, 0.1) is 16.7 Å².